The van der Waals surface area contributed by atoms with E-state index in [0.29, 0.717) is 37.0 Å². The molecule has 0 radical (unpaired) electrons. The number of nitrogens with zero attached hydrogens (tertiary/aromatic N) is 3. The molecule has 1 amide bonds. The normalized spacial score (nSPS) is 23.4. The predicted octanol–water partition coefficient (Wildman–Crippen LogP) is 5.68. The van der Waals surface area contributed by atoms with Crippen molar-refractivity contribution >= 4 is 28.4 Å². The molecule has 5 rings (SSSR count). The van der Waals surface area contributed by atoms with Crippen LogP contribution in [0.3, 0.4) is 0 Å². The Labute approximate surface area is 222 Å². The van der Waals surface area contributed by atoms with Crippen molar-refractivity contribution in [3.63, 3.8) is 0 Å². The summed E-state index contributed by atoms with van der Waals surface area (Å²) >= 11 is 0. The van der Waals surface area contributed by atoms with Crippen molar-refractivity contribution in [1.29, 1.82) is 0 Å². The van der Waals surface area contributed by atoms with E-state index in [4.69, 9.17) is 0 Å². The summed E-state index contributed by atoms with van der Waals surface area (Å²) in [5.41, 5.74) is 3.75. The smallest absolute Gasteiger partial charge is 0.228 e. The number of pyridine rings is 1. The maximum absolute atomic E-state index is 15.1. The van der Waals surface area contributed by atoms with Crippen molar-refractivity contribution in [1.82, 2.24) is 14.8 Å². The van der Waals surface area contributed by atoms with E-state index in [2.05, 4.69) is 29.2 Å². The second kappa shape index (κ2) is 10.6. The number of benzene rings is 1. The van der Waals surface area contributed by atoms with Gasteiger partial charge < -0.3 is 10.4 Å². The van der Waals surface area contributed by atoms with Crippen LogP contribution in [0.4, 0.5) is 10.2 Å². The molecular weight excluding hydrogens is 483 g/mol. The summed E-state index contributed by atoms with van der Waals surface area (Å²) in [5, 5.41) is 17.7. The predicted molar refractivity (Wildman–Crippen MR) is 145 cm³/mol. The van der Waals surface area contributed by atoms with E-state index < -0.39 is 0 Å². The van der Waals surface area contributed by atoms with Crippen molar-refractivity contribution in [2.75, 3.05) is 5.32 Å². The summed E-state index contributed by atoms with van der Waals surface area (Å²) in [4.78, 5) is 30.1. The third kappa shape index (κ3) is 5.23. The summed E-state index contributed by atoms with van der Waals surface area (Å²) in [7, 11) is 1.84. The number of aryl methyl sites for hydroxylation is 2. The van der Waals surface area contributed by atoms with Gasteiger partial charge in [-0.15, -0.1) is 0 Å². The van der Waals surface area contributed by atoms with Crippen LogP contribution in [-0.2, 0) is 16.6 Å². The van der Waals surface area contributed by atoms with Crippen LogP contribution in [0.15, 0.2) is 24.4 Å². The highest BCUT2D eigenvalue weighted by Crippen LogP contribution is 2.37. The number of carbonyl (C=O) groups excluding carboxylic acids is 2. The molecule has 0 bridgehead atoms. The Hall–Kier alpha value is -3.13. The Balaban J connectivity index is 1.32. The number of aromatic nitrogens is 3. The standard InChI is InChI=1S/C30H37FN4O3/c1-16(2)29-24-12-20(13-25(31)28(24)34-35(29)4)23-14-27(32-15-17(23)3)33-30(38)19-7-5-6-18(8-19)9-26(37)21-10-22(36)11-21/h12-16,18-19,21-22,36H,5-11H2,1-4H3,(H,32,33,38)/t18-,19+,21?,22?/m1/s1. The Morgan fingerprint density at radius 3 is 2.63 bits per heavy atom. The molecule has 2 N–H and O–H groups in total. The third-order valence-electron chi connectivity index (χ3n) is 8.36. The SMILES string of the molecule is Cc1cnc(NC(=O)[C@H]2CCC[C@@H](CC(=O)C3CC(O)C3)C2)cc1-c1cc(F)c2nn(C)c(C(C)C)c2c1. The number of nitrogens with one attached hydrogen (secondary N) is 1. The fourth-order valence-electron chi connectivity index (χ4n) is 6.26. The van der Waals surface area contributed by atoms with Gasteiger partial charge >= 0.3 is 0 Å². The lowest BCUT2D eigenvalue weighted by atomic mass is 9.73. The van der Waals surface area contributed by atoms with Gasteiger partial charge in [0, 0.05) is 42.6 Å². The van der Waals surface area contributed by atoms with Crippen LogP contribution in [0.1, 0.15) is 76.0 Å². The number of Topliss-reactive ketones (excluding diaryl/α,β-unsaturated/α-hetero) is 1. The van der Waals surface area contributed by atoms with Gasteiger partial charge in [-0.2, -0.15) is 5.10 Å². The number of rotatable bonds is 7. The van der Waals surface area contributed by atoms with Gasteiger partial charge in [0.2, 0.25) is 5.91 Å². The van der Waals surface area contributed by atoms with Crippen LogP contribution < -0.4 is 5.32 Å². The van der Waals surface area contributed by atoms with Gasteiger partial charge in [-0.25, -0.2) is 9.37 Å². The number of hydrogen-bond donors (Lipinski definition) is 2. The van der Waals surface area contributed by atoms with Gasteiger partial charge in [0.25, 0.3) is 0 Å². The van der Waals surface area contributed by atoms with E-state index >= 15 is 4.39 Å². The van der Waals surface area contributed by atoms with Gasteiger partial charge in [0.1, 0.15) is 17.1 Å². The second-order valence-corrected chi connectivity index (χ2v) is 11.6. The number of aliphatic hydroxyl groups excluding tert-OH is 1. The summed E-state index contributed by atoms with van der Waals surface area (Å²) in [6, 6.07) is 5.28. The number of hydrogen-bond acceptors (Lipinski definition) is 5. The van der Waals surface area contributed by atoms with E-state index in [1.807, 2.05) is 26.1 Å². The molecule has 2 heterocycles. The van der Waals surface area contributed by atoms with Crippen molar-refractivity contribution in [2.45, 2.75) is 77.7 Å². The maximum Gasteiger partial charge on any atom is 0.228 e. The first-order valence-corrected chi connectivity index (χ1v) is 13.8. The summed E-state index contributed by atoms with van der Waals surface area (Å²) in [5.74, 6) is 0.413. The third-order valence-corrected chi connectivity index (χ3v) is 8.36. The van der Waals surface area contributed by atoms with Crippen molar-refractivity contribution in [3.05, 3.63) is 41.5 Å². The van der Waals surface area contributed by atoms with Gasteiger partial charge in [0.05, 0.1) is 6.10 Å². The minimum absolute atomic E-state index is 0.0123. The molecule has 3 aromatic rings. The zero-order valence-corrected chi connectivity index (χ0v) is 22.6. The number of halogens is 1. The van der Waals surface area contributed by atoms with Gasteiger partial charge in [-0.05, 0) is 85.8 Å². The zero-order valence-electron chi connectivity index (χ0n) is 22.6. The van der Waals surface area contributed by atoms with E-state index in [9.17, 15) is 14.7 Å². The minimum atomic E-state index is -0.374. The molecule has 2 saturated carbocycles. The number of aliphatic hydroxyl groups is 1. The van der Waals surface area contributed by atoms with Crippen molar-refractivity contribution in [2.24, 2.45) is 24.8 Å². The minimum Gasteiger partial charge on any atom is -0.393 e. The number of ketones is 1. The summed E-state index contributed by atoms with van der Waals surface area (Å²) < 4.78 is 16.8. The van der Waals surface area contributed by atoms with Crippen LogP contribution in [0.2, 0.25) is 0 Å². The van der Waals surface area contributed by atoms with Crippen molar-refractivity contribution in [3.8, 4) is 11.1 Å². The molecule has 2 atom stereocenters. The molecule has 1 aromatic carbocycles. The lowest BCUT2D eigenvalue weighted by Gasteiger charge is -2.33. The van der Waals surface area contributed by atoms with Crippen molar-refractivity contribution < 1.29 is 19.1 Å². The van der Waals surface area contributed by atoms with E-state index in [1.165, 1.54) is 6.07 Å². The lowest BCUT2D eigenvalue weighted by Crippen LogP contribution is -2.36. The van der Waals surface area contributed by atoms with E-state index in [-0.39, 0.29) is 47.3 Å². The molecule has 0 aliphatic heterocycles. The molecule has 38 heavy (non-hydrogen) atoms. The molecule has 2 aromatic heterocycles. The quantitative estimate of drug-likeness (QED) is 0.418. The fourth-order valence-corrected chi connectivity index (χ4v) is 6.26. The zero-order chi connectivity index (χ0) is 27.1. The first kappa shape index (κ1) is 26.5. The highest BCUT2D eigenvalue weighted by Gasteiger charge is 2.35. The Morgan fingerprint density at radius 2 is 1.92 bits per heavy atom. The Bertz CT molecular complexity index is 1380. The Kier molecular flexibility index (Phi) is 7.36. The van der Waals surface area contributed by atoms with Crippen LogP contribution in [-0.4, -0.2) is 37.7 Å². The van der Waals surface area contributed by atoms with Crippen LogP contribution in [0.25, 0.3) is 22.0 Å². The average Bonchev–Trinajstić information content (AvgIpc) is 3.20. The molecule has 8 heteroatoms. The monoisotopic (exact) mass is 520 g/mol. The topological polar surface area (TPSA) is 97.1 Å². The molecule has 2 fully saturated rings. The average molecular weight is 521 g/mol. The molecule has 0 unspecified atom stereocenters. The highest BCUT2D eigenvalue weighted by molar-refractivity contribution is 5.93. The molecule has 0 saturated heterocycles. The number of fused-ring (bicyclic) bond motifs is 1. The Morgan fingerprint density at radius 1 is 1.16 bits per heavy atom. The number of anilines is 1. The van der Waals surface area contributed by atoms with Gasteiger partial charge in [0.15, 0.2) is 5.82 Å². The van der Waals surface area contributed by atoms with Gasteiger partial charge in [-0.1, -0.05) is 20.3 Å². The summed E-state index contributed by atoms with van der Waals surface area (Å²) in [6.07, 6.45) is 6.37. The molecule has 7 nitrogen and oxygen atoms in total. The van der Waals surface area contributed by atoms with E-state index in [1.54, 1.807) is 10.9 Å². The fraction of sp³-hybridized carbons (Fsp3) is 0.533. The first-order valence-electron chi connectivity index (χ1n) is 13.8. The lowest BCUT2D eigenvalue weighted by molar-refractivity contribution is -0.131. The second-order valence-electron chi connectivity index (χ2n) is 11.6. The van der Waals surface area contributed by atoms with Crippen LogP contribution >= 0.6 is 0 Å². The highest BCUT2D eigenvalue weighted by atomic mass is 19.1. The largest absolute Gasteiger partial charge is 0.393 e. The van der Waals surface area contributed by atoms with E-state index in [0.717, 1.165) is 47.0 Å². The van der Waals surface area contributed by atoms with Crippen LogP contribution in [0, 0.1) is 30.5 Å². The molecular formula is C30H37FN4O3. The van der Waals surface area contributed by atoms with Crippen LogP contribution in [0.5, 0.6) is 0 Å². The molecule has 0 spiro atoms. The maximum atomic E-state index is 15.1. The molecule has 202 valence electrons. The number of amides is 1. The first-order chi connectivity index (χ1) is 18.1. The van der Waals surface area contributed by atoms with Gasteiger partial charge in [-0.3, -0.25) is 14.3 Å². The molecule has 2 aliphatic rings. The summed E-state index contributed by atoms with van der Waals surface area (Å²) in [6.45, 7) is 6.05. The number of carbonyl (C=O) groups is 2. The molecule has 2 aliphatic carbocycles.